The van der Waals surface area contributed by atoms with Crippen LogP contribution in [0.3, 0.4) is 0 Å². The monoisotopic (exact) mass is 709 g/mol. The van der Waals surface area contributed by atoms with Gasteiger partial charge in [-0.05, 0) is 91.0 Å². The quantitative estimate of drug-likeness (QED) is 0.273. The summed E-state index contributed by atoms with van der Waals surface area (Å²) in [7, 11) is 0. The van der Waals surface area contributed by atoms with Crippen LogP contribution in [0.25, 0.3) is 0 Å². The Hall–Kier alpha value is 0.270. The summed E-state index contributed by atoms with van der Waals surface area (Å²) in [5.41, 5.74) is 0.451. The van der Waals surface area contributed by atoms with Gasteiger partial charge in [-0.25, -0.2) is 0 Å². The summed E-state index contributed by atoms with van der Waals surface area (Å²) in [6.07, 6.45) is -0.0773. The Labute approximate surface area is 188 Å². The van der Waals surface area contributed by atoms with Crippen LogP contribution in [0, 0.1) is 10.7 Å². The van der Waals surface area contributed by atoms with E-state index in [1.165, 1.54) is 6.92 Å². The molecule has 0 saturated carbocycles. The molecule has 11 heteroatoms. The molecule has 0 aliphatic heterocycles. The minimum absolute atomic E-state index is 0.0773. The Morgan fingerprint density at radius 1 is 0.958 bits per heavy atom. The summed E-state index contributed by atoms with van der Waals surface area (Å²) >= 11 is 16.7. The first kappa shape index (κ1) is 22.3. The van der Waals surface area contributed by atoms with Crippen LogP contribution < -0.4 is 5.32 Å². The average Bonchev–Trinajstić information content (AvgIpc) is 2.42. The van der Waals surface area contributed by atoms with Gasteiger partial charge < -0.3 is 10.1 Å². The highest BCUT2D eigenvalue weighted by molar-refractivity contribution is 14.1. The van der Waals surface area contributed by atoms with Crippen LogP contribution in [0.4, 0.5) is 5.69 Å². The molecule has 1 amide bonds. The summed E-state index contributed by atoms with van der Waals surface area (Å²) < 4.78 is 5.80. The minimum Gasteiger partial charge on any atom is -0.465 e. The summed E-state index contributed by atoms with van der Waals surface area (Å²) in [4.78, 5) is 46.1. The molecule has 0 unspecified atom stereocenters. The van der Waals surface area contributed by atoms with Crippen molar-refractivity contribution in [2.75, 3.05) is 11.9 Å². The number of halogens is 5. The van der Waals surface area contributed by atoms with Gasteiger partial charge in [0, 0.05) is 10.5 Å². The fraction of sp³-hybridized carbons (Fsp3) is 0.231. The van der Waals surface area contributed by atoms with E-state index in [9.17, 15) is 19.2 Å². The van der Waals surface area contributed by atoms with Crippen molar-refractivity contribution in [3.63, 3.8) is 0 Å². The molecule has 0 radical (unpaired) electrons. The lowest BCUT2D eigenvalue weighted by atomic mass is 10.1. The zero-order valence-corrected chi connectivity index (χ0v) is 19.8. The van der Waals surface area contributed by atoms with Crippen LogP contribution in [0.2, 0.25) is 0 Å². The van der Waals surface area contributed by atoms with Crippen LogP contribution in [-0.2, 0) is 14.3 Å². The van der Waals surface area contributed by atoms with E-state index in [1.54, 1.807) is 0 Å². The fourth-order valence-electron chi connectivity index (χ4n) is 1.61. The number of amides is 1. The fourth-order valence-corrected chi connectivity index (χ4v) is 7.04. The number of carbonyl (C=O) groups excluding carboxylic acids is 4. The number of hydrogen-bond donors (Lipinski definition) is 1. The molecule has 130 valence electrons. The molecule has 1 rings (SSSR count). The van der Waals surface area contributed by atoms with Crippen molar-refractivity contribution in [3.05, 3.63) is 21.8 Å². The largest absolute Gasteiger partial charge is 0.465 e. The summed E-state index contributed by atoms with van der Waals surface area (Å²) in [6, 6.07) is 0. The number of carbonyl (C=O) groups is 4. The van der Waals surface area contributed by atoms with Gasteiger partial charge >= 0.3 is 5.97 Å². The molecule has 0 atom stereocenters. The van der Waals surface area contributed by atoms with Crippen LogP contribution in [0.15, 0.2) is 0 Å². The Bertz CT molecular complexity index is 698. The van der Waals surface area contributed by atoms with Crippen molar-refractivity contribution in [3.8, 4) is 0 Å². The highest BCUT2D eigenvalue weighted by Gasteiger charge is 2.27. The van der Waals surface area contributed by atoms with Gasteiger partial charge in [0.15, 0.2) is 0 Å². The molecule has 0 spiro atoms. The van der Waals surface area contributed by atoms with Gasteiger partial charge in [-0.3, -0.25) is 19.2 Å². The second-order valence-electron chi connectivity index (χ2n) is 4.25. The third kappa shape index (κ3) is 5.64. The SMILES string of the molecule is CC(=O)OCCC(=O)Nc1c(I)c(C(=O)Cl)c(I)c(C(=O)Cl)c1I. The first-order chi connectivity index (χ1) is 11.1. The van der Waals surface area contributed by atoms with Crippen LogP contribution in [0.5, 0.6) is 0 Å². The second kappa shape index (κ2) is 9.83. The van der Waals surface area contributed by atoms with E-state index in [0.717, 1.165) is 0 Å². The van der Waals surface area contributed by atoms with Gasteiger partial charge in [0.1, 0.15) is 6.61 Å². The van der Waals surface area contributed by atoms with E-state index < -0.39 is 22.4 Å². The molecule has 0 fully saturated rings. The molecule has 6 nitrogen and oxygen atoms in total. The Kier molecular flexibility index (Phi) is 9.14. The van der Waals surface area contributed by atoms with Crippen molar-refractivity contribution in [2.24, 2.45) is 0 Å². The zero-order valence-electron chi connectivity index (χ0n) is 11.8. The third-order valence-electron chi connectivity index (χ3n) is 2.61. The normalized spacial score (nSPS) is 10.2. The lowest BCUT2D eigenvalue weighted by molar-refractivity contribution is -0.141. The number of rotatable bonds is 6. The zero-order chi connectivity index (χ0) is 18.6. The molecule has 24 heavy (non-hydrogen) atoms. The third-order valence-corrected chi connectivity index (χ3v) is 6.22. The Balaban J connectivity index is 3.27. The maximum absolute atomic E-state index is 12.0. The molecule has 0 saturated heterocycles. The van der Waals surface area contributed by atoms with Gasteiger partial charge in [0.25, 0.3) is 10.5 Å². The number of hydrogen-bond acceptors (Lipinski definition) is 5. The smallest absolute Gasteiger partial charge is 0.302 e. The molecule has 0 heterocycles. The standard InChI is InChI=1S/C13H8Cl2I3NO5/c1-4(20)24-3-2-5(21)19-11-9(17)6(12(14)22)8(16)7(10(11)18)13(15)23/h2-3H2,1H3,(H,19,21). The summed E-state index contributed by atoms with van der Waals surface area (Å²) in [5.74, 6) is -0.944. The molecule has 0 aliphatic carbocycles. The Morgan fingerprint density at radius 2 is 1.42 bits per heavy atom. The molecule has 0 bridgehead atoms. The van der Waals surface area contributed by atoms with Gasteiger partial charge in [-0.1, -0.05) is 0 Å². The molecular weight excluding hydrogens is 702 g/mol. The molecule has 0 aliphatic rings. The number of esters is 1. The first-order valence-corrected chi connectivity index (χ1v) is 10.1. The maximum Gasteiger partial charge on any atom is 0.302 e. The molecule has 1 aromatic rings. The van der Waals surface area contributed by atoms with E-state index in [1.807, 2.05) is 67.8 Å². The first-order valence-electron chi connectivity index (χ1n) is 6.11. The highest BCUT2D eigenvalue weighted by atomic mass is 127. The van der Waals surface area contributed by atoms with Gasteiger partial charge in [-0.15, -0.1) is 0 Å². The highest BCUT2D eigenvalue weighted by Crippen LogP contribution is 2.37. The number of anilines is 1. The van der Waals surface area contributed by atoms with Crippen molar-refractivity contribution >= 4 is 119 Å². The van der Waals surface area contributed by atoms with Crippen molar-refractivity contribution in [1.82, 2.24) is 0 Å². The predicted octanol–water partition coefficient (Wildman–Crippen LogP) is 4.15. The molecule has 1 aromatic carbocycles. The van der Waals surface area contributed by atoms with E-state index in [4.69, 9.17) is 27.9 Å². The topological polar surface area (TPSA) is 89.5 Å². The van der Waals surface area contributed by atoms with Crippen molar-refractivity contribution < 1.29 is 23.9 Å². The summed E-state index contributed by atoms with van der Waals surface area (Å²) in [5, 5.41) is 1.06. The number of ether oxygens (including phenoxy) is 1. The van der Waals surface area contributed by atoms with Crippen LogP contribution in [-0.4, -0.2) is 29.0 Å². The molecular formula is C13H8Cl2I3NO5. The molecule has 1 N–H and O–H groups in total. The van der Waals surface area contributed by atoms with Crippen molar-refractivity contribution in [2.45, 2.75) is 13.3 Å². The second-order valence-corrected chi connectivity index (χ2v) is 8.18. The average molecular weight is 710 g/mol. The molecule has 0 aromatic heterocycles. The van der Waals surface area contributed by atoms with E-state index >= 15 is 0 Å². The van der Waals surface area contributed by atoms with E-state index in [0.29, 0.717) is 10.7 Å². The lowest BCUT2D eigenvalue weighted by Crippen LogP contribution is -2.19. The van der Waals surface area contributed by atoms with Crippen LogP contribution in [0.1, 0.15) is 34.1 Å². The number of nitrogens with one attached hydrogen (secondary N) is 1. The van der Waals surface area contributed by atoms with Gasteiger partial charge in [-0.2, -0.15) is 0 Å². The minimum atomic E-state index is -0.769. The number of benzene rings is 1. The maximum atomic E-state index is 12.0. The Morgan fingerprint density at radius 3 is 1.79 bits per heavy atom. The van der Waals surface area contributed by atoms with Gasteiger partial charge in [0.2, 0.25) is 5.91 Å². The van der Waals surface area contributed by atoms with E-state index in [2.05, 4.69) is 5.32 Å². The lowest BCUT2D eigenvalue weighted by Gasteiger charge is -2.16. The van der Waals surface area contributed by atoms with Crippen molar-refractivity contribution in [1.29, 1.82) is 0 Å². The van der Waals surface area contributed by atoms with Gasteiger partial charge in [0.05, 0.1) is 30.4 Å². The van der Waals surface area contributed by atoms with E-state index in [-0.39, 0.29) is 29.8 Å². The van der Waals surface area contributed by atoms with Crippen LogP contribution >= 0.6 is 91.0 Å². The predicted molar refractivity (Wildman–Crippen MR) is 115 cm³/mol. The summed E-state index contributed by atoms with van der Waals surface area (Å²) in [6.45, 7) is 1.15.